The Labute approximate surface area is 159 Å². The van der Waals surface area contributed by atoms with Gasteiger partial charge in [-0.2, -0.15) is 4.98 Å². The van der Waals surface area contributed by atoms with Crippen LogP contribution in [0.15, 0.2) is 60.8 Å². The number of benzene rings is 2. The molecule has 0 atom stereocenters. The van der Waals surface area contributed by atoms with E-state index in [1.807, 2.05) is 56.6 Å². The lowest BCUT2D eigenvalue weighted by Gasteiger charge is -2.13. The van der Waals surface area contributed by atoms with Crippen molar-refractivity contribution in [2.24, 2.45) is 0 Å². The van der Waals surface area contributed by atoms with Gasteiger partial charge in [-0.05, 0) is 54.4 Å². The van der Waals surface area contributed by atoms with Crippen molar-refractivity contribution in [1.29, 1.82) is 0 Å². The number of halogens is 1. The average molecular weight is 368 g/mol. The second-order valence-corrected chi connectivity index (χ2v) is 6.57. The first kappa shape index (κ1) is 18.0. The Balaban J connectivity index is 1.56. The van der Waals surface area contributed by atoms with E-state index in [2.05, 4.69) is 37.6 Å². The van der Waals surface area contributed by atoms with Crippen molar-refractivity contribution in [2.45, 2.75) is 6.42 Å². The summed E-state index contributed by atoms with van der Waals surface area (Å²) < 4.78 is 0. The third-order valence-corrected chi connectivity index (χ3v) is 4.18. The van der Waals surface area contributed by atoms with Gasteiger partial charge in [0.25, 0.3) is 0 Å². The fourth-order valence-electron chi connectivity index (χ4n) is 2.48. The van der Waals surface area contributed by atoms with Crippen LogP contribution in [0, 0.1) is 0 Å². The van der Waals surface area contributed by atoms with E-state index in [-0.39, 0.29) is 0 Å². The zero-order valence-electron chi connectivity index (χ0n) is 14.9. The van der Waals surface area contributed by atoms with Crippen LogP contribution in [0.2, 0.25) is 5.02 Å². The highest BCUT2D eigenvalue weighted by Crippen LogP contribution is 2.18. The van der Waals surface area contributed by atoms with Crippen LogP contribution in [0.4, 0.5) is 23.1 Å². The summed E-state index contributed by atoms with van der Waals surface area (Å²) in [5, 5.41) is 7.31. The molecule has 3 aromatic rings. The van der Waals surface area contributed by atoms with Crippen LogP contribution in [-0.4, -0.2) is 30.6 Å². The van der Waals surface area contributed by atoms with E-state index in [9.17, 15) is 0 Å². The van der Waals surface area contributed by atoms with E-state index >= 15 is 0 Å². The van der Waals surface area contributed by atoms with Crippen LogP contribution in [0.3, 0.4) is 0 Å². The Bertz CT molecular complexity index is 832. The molecule has 0 aliphatic rings. The topological polar surface area (TPSA) is 53.1 Å². The van der Waals surface area contributed by atoms with E-state index in [4.69, 9.17) is 11.6 Å². The molecule has 0 aliphatic carbocycles. The molecule has 1 heterocycles. The van der Waals surface area contributed by atoms with Gasteiger partial charge in [0.2, 0.25) is 5.95 Å². The fourth-order valence-corrected chi connectivity index (χ4v) is 2.60. The maximum atomic E-state index is 5.91. The van der Waals surface area contributed by atoms with Gasteiger partial charge in [-0.15, -0.1) is 0 Å². The smallest absolute Gasteiger partial charge is 0.229 e. The third kappa shape index (κ3) is 5.10. The Morgan fingerprint density at radius 3 is 2.38 bits per heavy atom. The Morgan fingerprint density at radius 2 is 1.69 bits per heavy atom. The molecule has 5 nitrogen and oxygen atoms in total. The molecule has 2 aromatic carbocycles. The quantitative estimate of drug-likeness (QED) is 0.639. The molecule has 3 rings (SSSR count). The molecule has 0 saturated carbocycles. The lowest BCUT2D eigenvalue weighted by Crippen LogP contribution is -2.09. The molecule has 6 heteroatoms. The van der Waals surface area contributed by atoms with Gasteiger partial charge >= 0.3 is 0 Å². The first-order chi connectivity index (χ1) is 12.6. The summed E-state index contributed by atoms with van der Waals surface area (Å²) in [7, 11) is 4.04. The number of nitrogens with zero attached hydrogens (tertiary/aromatic N) is 3. The minimum Gasteiger partial charge on any atom is -0.378 e. The minimum absolute atomic E-state index is 0.569. The molecule has 26 heavy (non-hydrogen) atoms. The van der Waals surface area contributed by atoms with Crippen LogP contribution in [0.5, 0.6) is 0 Å². The molecule has 2 N–H and O–H groups in total. The lowest BCUT2D eigenvalue weighted by atomic mass is 10.1. The summed E-state index contributed by atoms with van der Waals surface area (Å²) in [5.41, 5.74) is 3.33. The summed E-state index contributed by atoms with van der Waals surface area (Å²) in [6.45, 7) is 0.787. The lowest BCUT2D eigenvalue weighted by molar-refractivity contribution is 1.00. The largest absolute Gasteiger partial charge is 0.378 e. The van der Waals surface area contributed by atoms with E-state index in [1.54, 1.807) is 6.20 Å². The molecule has 134 valence electrons. The zero-order chi connectivity index (χ0) is 18.4. The van der Waals surface area contributed by atoms with Crippen molar-refractivity contribution >= 4 is 34.7 Å². The normalized spacial score (nSPS) is 10.4. The zero-order valence-corrected chi connectivity index (χ0v) is 15.7. The Morgan fingerprint density at radius 1 is 0.962 bits per heavy atom. The highest BCUT2D eigenvalue weighted by molar-refractivity contribution is 6.30. The number of aromatic nitrogens is 2. The van der Waals surface area contributed by atoms with Crippen LogP contribution in [-0.2, 0) is 6.42 Å². The number of anilines is 4. The molecule has 0 fully saturated rings. The summed E-state index contributed by atoms with van der Waals surface area (Å²) >= 11 is 5.91. The van der Waals surface area contributed by atoms with Gasteiger partial charge in [0, 0.05) is 43.2 Å². The van der Waals surface area contributed by atoms with Crippen molar-refractivity contribution in [2.75, 3.05) is 36.2 Å². The highest BCUT2D eigenvalue weighted by Gasteiger charge is 2.02. The van der Waals surface area contributed by atoms with Gasteiger partial charge in [-0.25, -0.2) is 4.98 Å². The minimum atomic E-state index is 0.569. The van der Waals surface area contributed by atoms with Crippen molar-refractivity contribution in [3.8, 4) is 0 Å². The van der Waals surface area contributed by atoms with Gasteiger partial charge in [0.05, 0.1) is 0 Å². The van der Waals surface area contributed by atoms with Gasteiger partial charge in [0.1, 0.15) is 5.82 Å². The number of hydrogen-bond acceptors (Lipinski definition) is 5. The van der Waals surface area contributed by atoms with Gasteiger partial charge in [-0.1, -0.05) is 23.7 Å². The van der Waals surface area contributed by atoms with Crippen molar-refractivity contribution in [3.63, 3.8) is 0 Å². The molecule has 0 unspecified atom stereocenters. The van der Waals surface area contributed by atoms with Crippen molar-refractivity contribution in [3.05, 3.63) is 71.4 Å². The van der Waals surface area contributed by atoms with Gasteiger partial charge < -0.3 is 15.5 Å². The van der Waals surface area contributed by atoms with Crippen molar-refractivity contribution < 1.29 is 0 Å². The van der Waals surface area contributed by atoms with Gasteiger partial charge in [0.15, 0.2) is 0 Å². The molecular formula is C20H22ClN5. The molecular weight excluding hydrogens is 346 g/mol. The average Bonchev–Trinajstić information content (AvgIpc) is 2.64. The summed E-state index contributed by atoms with van der Waals surface area (Å²) in [5.74, 6) is 1.36. The second kappa shape index (κ2) is 8.54. The molecule has 0 spiro atoms. The van der Waals surface area contributed by atoms with Crippen LogP contribution >= 0.6 is 11.6 Å². The van der Waals surface area contributed by atoms with Crippen LogP contribution in [0.1, 0.15) is 5.56 Å². The molecule has 0 bridgehead atoms. The number of hydrogen-bond donors (Lipinski definition) is 2. The monoisotopic (exact) mass is 367 g/mol. The second-order valence-electron chi connectivity index (χ2n) is 6.14. The third-order valence-electron chi connectivity index (χ3n) is 3.93. The van der Waals surface area contributed by atoms with E-state index < -0.39 is 0 Å². The van der Waals surface area contributed by atoms with E-state index in [1.165, 1.54) is 5.56 Å². The Kier molecular flexibility index (Phi) is 5.92. The maximum Gasteiger partial charge on any atom is 0.229 e. The summed E-state index contributed by atoms with van der Waals surface area (Å²) in [6, 6.07) is 17.9. The predicted octanol–water partition coefficient (Wildman–Crippen LogP) is 4.59. The van der Waals surface area contributed by atoms with Gasteiger partial charge in [-0.3, -0.25) is 0 Å². The number of rotatable bonds is 7. The SMILES string of the molecule is CN(C)c1ccc(Nc2nccc(NCCc3ccc(Cl)cc3)n2)cc1. The highest BCUT2D eigenvalue weighted by atomic mass is 35.5. The van der Waals surface area contributed by atoms with E-state index in [0.29, 0.717) is 5.95 Å². The Hall–Kier alpha value is -2.79. The first-order valence-electron chi connectivity index (χ1n) is 8.46. The van der Waals surface area contributed by atoms with Crippen molar-refractivity contribution in [1.82, 2.24) is 9.97 Å². The molecule has 0 amide bonds. The first-order valence-corrected chi connectivity index (χ1v) is 8.84. The summed E-state index contributed by atoms with van der Waals surface area (Å²) in [6.07, 6.45) is 2.64. The predicted molar refractivity (Wildman–Crippen MR) is 110 cm³/mol. The standard InChI is InChI=1S/C20H22ClN5/c1-26(2)18-9-7-17(8-10-18)24-20-23-14-12-19(25-20)22-13-11-15-3-5-16(21)6-4-15/h3-10,12,14H,11,13H2,1-2H3,(H2,22,23,24,25). The maximum absolute atomic E-state index is 5.91. The fraction of sp³-hybridized carbons (Fsp3) is 0.200. The number of nitrogens with one attached hydrogen (secondary N) is 2. The van der Waals surface area contributed by atoms with Crippen LogP contribution < -0.4 is 15.5 Å². The molecule has 0 aliphatic heterocycles. The molecule has 1 aromatic heterocycles. The molecule has 0 saturated heterocycles. The molecule has 0 radical (unpaired) electrons. The van der Waals surface area contributed by atoms with Crippen LogP contribution in [0.25, 0.3) is 0 Å². The summed E-state index contributed by atoms with van der Waals surface area (Å²) in [4.78, 5) is 10.8. The van der Waals surface area contributed by atoms with E-state index in [0.717, 1.165) is 35.2 Å².